The van der Waals surface area contributed by atoms with Crippen LogP contribution in [0.1, 0.15) is 24.1 Å². The number of thiophene rings is 1. The molecule has 146 valence electrons. The van der Waals surface area contributed by atoms with Crippen LogP contribution < -0.4 is 10.9 Å². The van der Waals surface area contributed by atoms with Gasteiger partial charge in [0.05, 0.1) is 5.39 Å². The minimum atomic E-state index is -0.792. The van der Waals surface area contributed by atoms with E-state index >= 15 is 0 Å². The summed E-state index contributed by atoms with van der Waals surface area (Å²) >= 11 is 1.41. The monoisotopic (exact) mass is 404 g/mol. The van der Waals surface area contributed by atoms with Crippen LogP contribution >= 0.6 is 11.3 Å². The number of hydrogen-bond acceptors (Lipinski definition) is 5. The summed E-state index contributed by atoms with van der Waals surface area (Å²) in [7, 11) is 0. The second-order valence-electron chi connectivity index (χ2n) is 7.02. The number of benzene rings is 2. The van der Waals surface area contributed by atoms with Crippen molar-refractivity contribution in [2.24, 2.45) is 0 Å². The van der Waals surface area contributed by atoms with Crippen LogP contribution in [-0.4, -0.2) is 20.9 Å². The predicted molar refractivity (Wildman–Crippen MR) is 116 cm³/mol. The molecule has 0 bridgehead atoms. The molecule has 4 rings (SSSR count). The van der Waals surface area contributed by atoms with E-state index in [1.54, 1.807) is 6.92 Å². The number of anilines is 1. The lowest BCUT2D eigenvalue weighted by atomic mass is 10.1. The molecule has 1 unspecified atom stereocenters. The number of amides is 1. The average molecular weight is 404 g/mol. The van der Waals surface area contributed by atoms with Crippen LogP contribution in [0, 0.1) is 13.8 Å². The van der Waals surface area contributed by atoms with Crippen LogP contribution in [0.25, 0.3) is 20.7 Å². The zero-order valence-electron chi connectivity index (χ0n) is 16.3. The van der Waals surface area contributed by atoms with Gasteiger partial charge in [0.25, 0.3) is 5.56 Å². The first-order valence-corrected chi connectivity index (χ1v) is 10.1. The number of aromatic nitrogens is 3. The number of fused-ring (bicyclic) bond motifs is 1. The largest absolute Gasteiger partial charge is 0.324 e. The van der Waals surface area contributed by atoms with Crippen LogP contribution in [0.4, 0.5) is 5.69 Å². The van der Waals surface area contributed by atoms with Crippen molar-refractivity contribution in [2.45, 2.75) is 26.8 Å². The van der Waals surface area contributed by atoms with E-state index in [0.29, 0.717) is 10.2 Å². The van der Waals surface area contributed by atoms with E-state index in [9.17, 15) is 9.59 Å². The third-order valence-corrected chi connectivity index (χ3v) is 5.90. The van der Waals surface area contributed by atoms with Crippen LogP contribution in [0.2, 0.25) is 0 Å². The molecule has 2 heterocycles. The van der Waals surface area contributed by atoms with Crippen LogP contribution in [0.3, 0.4) is 0 Å². The van der Waals surface area contributed by atoms with Gasteiger partial charge in [-0.05, 0) is 44.0 Å². The van der Waals surface area contributed by atoms with E-state index in [1.807, 2.05) is 68.4 Å². The number of aryl methyl sites for hydroxylation is 2. The van der Waals surface area contributed by atoms with E-state index in [1.165, 1.54) is 11.3 Å². The van der Waals surface area contributed by atoms with Gasteiger partial charge >= 0.3 is 0 Å². The maximum atomic E-state index is 13.0. The van der Waals surface area contributed by atoms with Gasteiger partial charge < -0.3 is 5.32 Å². The number of nitrogens with one attached hydrogen (secondary N) is 1. The van der Waals surface area contributed by atoms with Crippen molar-refractivity contribution in [1.29, 1.82) is 0 Å². The molecule has 0 aliphatic rings. The summed E-state index contributed by atoms with van der Waals surface area (Å²) in [6, 6.07) is 16.6. The van der Waals surface area contributed by atoms with E-state index in [4.69, 9.17) is 0 Å². The van der Waals surface area contributed by atoms with E-state index in [2.05, 4.69) is 15.6 Å². The first kappa shape index (κ1) is 19.0. The fourth-order valence-corrected chi connectivity index (χ4v) is 4.13. The van der Waals surface area contributed by atoms with Gasteiger partial charge in [0.2, 0.25) is 5.91 Å². The second-order valence-corrected chi connectivity index (χ2v) is 8.05. The Morgan fingerprint density at radius 3 is 2.59 bits per heavy atom. The minimum absolute atomic E-state index is 0.314. The lowest BCUT2D eigenvalue weighted by Gasteiger charge is -2.14. The van der Waals surface area contributed by atoms with Crippen molar-refractivity contribution >= 4 is 33.1 Å². The molecule has 0 radical (unpaired) electrons. The fourth-order valence-electron chi connectivity index (χ4n) is 3.16. The first-order valence-electron chi connectivity index (χ1n) is 9.26. The summed E-state index contributed by atoms with van der Waals surface area (Å²) in [5, 5.41) is 11.5. The Hall–Kier alpha value is -3.32. The number of carbonyl (C=O) groups excluding carboxylic acids is 1. The minimum Gasteiger partial charge on any atom is -0.324 e. The van der Waals surface area contributed by atoms with Gasteiger partial charge in [-0.25, -0.2) is 0 Å². The lowest BCUT2D eigenvalue weighted by molar-refractivity contribution is -0.119. The van der Waals surface area contributed by atoms with Crippen molar-refractivity contribution < 1.29 is 4.79 Å². The molecule has 0 aliphatic carbocycles. The number of nitrogens with zero attached hydrogens (tertiary/aromatic N) is 3. The molecule has 1 atom stereocenters. The van der Waals surface area contributed by atoms with Crippen LogP contribution in [0.15, 0.2) is 59.4 Å². The third kappa shape index (κ3) is 3.69. The zero-order valence-corrected chi connectivity index (χ0v) is 17.2. The molecule has 6 nitrogen and oxygen atoms in total. The molecular weight excluding hydrogens is 384 g/mol. The smallest absolute Gasteiger partial charge is 0.279 e. The van der Waals surface area contributed by atoms with Gasteiger partial charge in [-0.1, -0.05) is 53.2 Å². The summed E-state index contributed by atoms with van der Waals surface area (Å²) in [5.41, 5.74) is 3.49. The number of rotatable bonds is 4. The average Bonchev–Trinajstić information content (AvgIpc) is 3.16. The molecule has 4 aromatic rings. The summed E-state index contributed by atoms with van der Waals surface area (Å²) < 4.78 is 1.14. The molecule has 0 saturated carbocycles. The van der Waals surface area contributed by atoms with Crippen molar-refractivity contribution in [1.82, 2.24) is 15.0 Å². The summed E-state index contributed by atoms with van der Waals surface area (Å²) in [5.74, 6) is -0.314. The molecule has 0 saturated heterocycles. The summed E-state index contributed by atoms with van der Waals surface area (Å²) in [6.07, 6.45) is 0. The molecule has 0 aliphatic heterocycles. The Kier molecular flexibility index (Phi) is 4.98. The molecule has 0 spiro atoms. The predicted octanol–water partition coefficient (Wildman–Crippen LogP) is 4.34. The van der Waals surface area contributed by atoms with Crippen molar-refractivity contribution in [3.63, 3.8) is 0 Å². The maximum absolute atomic E-state index is 13.0. The molecule has 0 fully saturated rings. The highest BCUT2D eigenvalue weighted by Crippen LogP contribution is 2.30. The Morgan fingerprint density at radius 1 is 1.10 bits per heavy atom. The molecule has 1 amide bonds. The van der Waals surface area contributed by atoms with Gasteiger partial charge in [0, 0.05) is 10.6 Å². The quantitative estimate of drug-likeness (QED) is 0.549. The highest BCUT2D eigenvalue weighted by molar-refractivity contribution is 7.21. The highest BCUT2D eigenvalue weighted by atomic mass is 32.1. The normalized spacial score (nSPS) is 12.1. The van der Waals surface area contributed by atoms with Gasteiger partial charge in [-0.2, -0.15) is 4.68 Å². The maximum Gasteiger partial charge on any atom is 0.279 e. The molecule has 1 N–H and O–H groups in total. The standard InChI is InChI=1S/C22H20N4O2S/c1-13-9-10-18(14(2)11-13)23-20(27)15(3)26-22(28)17-12-19(29-21(17)24-25-26)16-7-5-4-6-8-16/h4-12,15H,1-3H3,(H,23,27). The topological polar surface area (TPSA) is 76.9 Å². The Bertz CT molecular complexity index is 1260. The summed E-state index contributed by atoms with van der Waals surface area (Å²) in [6.45, 7) is 5.57. The molecule has 2 aromatic carbocycles. The molecule has 29 heavy (non-hydrogen) atoms. The van der Waals surface area contributed by atoms with Crippen LogP contribution in [-0.2, 0) is 4.79 Å². The second kappa shape index (κ2) is 7.60. The molecule has 2 aromatic heterocycles. The number of hydrogen-bond donors (Lipinski definition) is 1. The van der Waals surface area contributed by atoms with Crippen molar-refractivity contribution in [3.05, 3.63) is 76.1 Å². The lowest BCUT2D eigenvalue weighted by Crippen LogP contribution is -2.34. The number of carbonyl (C=O) groups is 1. The Balaban J connectivity index is 1.65. The fraction of sp³-hybridized carbons (Fsp3) is 0.182. The van der Waals surface area contributed by atoms with E-state index in [0.717, 1.165) is 31.9 Å². The van der Waals surface area contributed by atoms with E-state index < -0.39 is 6.04 Å². The van der Waals surface area contributed by atoms with Crippen molar-refractivity contribution in [3.8, 4) is 10.4 Å². The van der Waals surface area contributed by atoms with Gasteiger partial charge in [0.15, 0.2) is 4.83 Å². The summed E-state index contributed by atoms with van der Waals surface area (Å²) in [4.78, 5) is 27.2. The SMILES string of the molecule is Cc1ccc(NC(=O)C(C)n2nnc3sc(-c4ccccc4)cc3c2=O)c(C)c1. The van der Waals surface area contributed by atoms with Gasteiger partial charge in [-0.3, -0.25) is 9.59 Å². The molecular formula is C22H20N4O2S. The Labute approximate surface area is 171 Å². The Morgan fingerprint density at radius 2 is 1.86 bits per heavy atom. The van der Waals surface area contributed by atoms with Crippen molar-refractivity contribution in [2.75, 3.05) is 5.32 Å². The third-order valence-electron chi connectivity index (χ3n) is 4.83. The van der Waals surface area contributed by atoms with Gasteiger partial charge in [0.1, 0.15) is 6.04 Å². The zero-order chi connectivity index (χ0) is 20.5. The highest BCUT2D eigenvalue weighted by Gasteiger charge is 2.21. The molecule has 7 heteroatoms. The van der Waals surface area contributed by atoms with E-state index in [-0.39, 0.29) is 11.5 Å². The first-order chi connectivity index (χ1) is 13.9. The van der Waals surface area contributed by atoms with Crippen LogP contribution in [0.5, 0.6) is 0 Å². The van der Waals surface area contributed by atoms with Gasteiger partial charge in [-0.15, -0.1) is 16.4 Å².